The van der Waals surface area contributed by atoms with Gasteiger partial charge in [-0.15, -0.1) is 16.4 Å². The van der Waals surface area contributed by atoms with Crippen LogP contribution in [0.15, 0.2) is 34.7 Å². The fraction of sp³-hybridized carbons (Fsp3) is 0.133. The van der Waals surface area contributed by atoms with Gasteiger partial charge in [0.1, 0.15) is 0 Å². The van der Waals surface area contributed by atoms with E-state index in [1.807, 2.05) is 0 Å². The van der Waals surface area contributed by atoms with Gasteiger partial charge in [-0.25, -0.2) is 0 Å². The lowest BCUT2D eigenvalue weighted by Gasteiger charge is -2.07. The van der Waals surface area contributed by atoms with Gasteiger partial charge in [-0.05, 0) is 30.3 Å². The zero-order chi connectivity index (χ0) is 17.1. The Labute approximate surface area is 146 Å². The van der Waals surface area contributed by atoms with Crippen molar-refractivity contribution in [1.29, 1.82) is 0 Å². The van der Waals surface area contributed by atoms with Crippen molar-refractivity contribution < 1.29 is 18.7 Å². The van der Waals surface area contributed by atoms with E-state index in [-0.39, 0.29) is 17.8 Å². The molecule has 7 nitrogen and oxygen atoms in total. The molecule has 24 heavy (non-hydrogen) atoms. The van der Waals surface area contributed by atoms with Gasteiger partial charge in [-0.3, -0.25) is 10.1 Å². The topological polar surface area (TPSA) is 86.5 Å². The monoisotopic (exact) mass is 365 g/mol. The van der Waals surface area contributed by atoms with Gasteiger partial charge in [0.15, 0.2) is 11.5 Å². The van der Waals surface area contributed by atoms with Gasteiger partial charge >= 0.3 is 6.01 Å². The number of carbonyl (C=O) groups is 1. The molecular weight excluding hydrogens is 354 g/mol. The molecule has 9 heteroatoms. The normalized spacial score (nSPS) is 10.5. The molecule has 124 valence electrons. The number of aromatic nitrogens is 2. The summed E-state index contributed by atoms with van der Waals surface area (Å²) in [6.45, 7) is 0. The highest BCUT2D eigenvalue weighted by atomic mass is 35.5. The molecule has 0 fully saturated rings. The van der Waals surface area contributed by atoms with E-state index in [1.54, 1.807) is 37.4 Å². The highest BCUT2D eigenvalue weighted by Crippen LogP contribution is 2.32. The molecule has 0 radical (unpaired) electrons. The number of rotatable bonds is 5. The standard InChI is InChI=1S/C15H12ClN3O4S/c1-21-9-4-3-8(7-10(9)22-2)14-18-19-15(23-14)17-13(20)11-5-6-12(16)24-11/h3-7H,1-2H3,(H,17,19,20). The van der Waals surface area contributed by atoms with Crippen molar-refractivity contribution in [3.8, 4) is 23.0 Å². The molecule has 0 aliphatic rings. The van der Waals surface area contributed by atoms with Crippen LogP contribution in [-0.2, 0) is 0 Å². The van der Waals surface area contributed by atoms with E-state index < -0.39 is 0 Å². The molecule has 1 N–H and O–H groups in total. The number of anilines is 1. The number of benzene rings is 1. The Morgan fingerprint density at radius 2 is 1.96 bits per heavy atom. The van der Waals surface area contributed by atoms with Crippen LogP contribution in [0.5, 0.6) is 11.5 Å². The second-order valence-corrected chi connectivity index (χ2v) is 6.26. The van der Waals surface area contributed by atoms with Gasteiger partial charge in [0, 0.05) is 5.56 Å². The number of thiophene rings is 1. The van der Waals surface area contributed by atoms with E-state index in [4.69, 9.17) is 25.5 Å². The SMILES string of the molecule is COc1ccc(-c2nnc(NC(=O)c3ccc(Cl)s3)o2)cc1OC. The minimum atomic E-state index is -0.366. The Morgan fingerprint density at radius 1 is 1.17 bits per heavy atom. The Bertz CT molecular complexity index is 877. The molecular formula is C15H12ClN3O4S. The maximum atomic E-state index is 12.0. The second-order valence-electron chi connectivity index (χ2n) is 4.54. The van der Waals surface area contributed by atoms with Crippen LogP contribution in [0.25, 0.3) is 11.5 Å². The van der Waals surface area contributed by atoms with Gasteiger partial charge in [0.05, 0.1) is 23.4 Å². The summed E-state index contributed by atoms with van der Waals surface area (Å²) in [4.78, 5) is 12.5. The average Bonchev–Trinajstić information content (AvgIpc) is 3.23. The van der Waals surface area contributed by atoms with Crippen LogP contribution in [0, 0.1) is 0 Å². The molecule has 0 atom stereocenters. The number of amides is 1. The van der Waals surface area contributed by atoms with Gasteiger partial charge in [0.2, 0.25) is 5.89 Å². The highest BCUT2D eigenvalue weighted by molar-refractivity contribution is 7.18. The van der Waals surface area contributed by atoms with Crippen molar-refractivity contribution >= 4 is 34.9 Å². The molecule has 0 aliphatic carbocycles. The molecule has 1 amide bonds. The molecule has 0 saturated heterocycles. The predicted octanol–water partition coefficient (Wildman–Crippen LogP) is 3.72. The third-order valence-electron chi connectivity index (χ3n) is 3.07. The van der Waals surface area contributed by atoms with Gasteiger partial charge < -0.3 is 13.9 Å². The van der Waals surface area contributed by atoms with Crippen LogP contribution in [0.2, 0.25) is 4.34 Å². The lowest BCUT2D eigenvalue weighted by Crippen LogP contribution is -2.10. The van der Waals surface area contributed by atoms with E-state index >= 15 is 0 Å². The molecule has 0 spiro atoms. The second kappa shape index (κ2) is 6.90. The first-order chi connectivity index (χ1) is 11.6. The summed E-state index contributed by atoms with van der Waals surface area (Å²) < 4.78 is 16.4. The van der Waals surface area contributed by atoms with Crippen molar-refractivity contribution in [2.45, 2.75) is 0 Å². The minimum Gasteiger partial charge on any atom is -0.493 e. The van der Waals surface area contributed by atoms with Crippen LogP contribution in [-0.4, -0.2) is 30.3 Å². The maximum Gasteiger partial charge on any atom is 0.322 e. The third-order valence-corrected chi connectivity index (χ3v) is 4.30. The van der Waals surface area contributed by atoms with Crippen LogP contribution in [0.3, 0.4) is 0 Å². The predicted molar refractivity (Wildman–Crippen MR) is 90.1 cm³/mol. The summed E-state index contributed by atoms with van der Waals surface area (Å²) in [5.41, 5.74) is 0.639. The number of carbonyl (C=O) groups excluding carboxylic acids is 1. The number of hydrogen-bond donors (Lipinski definition) is 1. The summed E-state index contributed by atoms with van der Waals surface area (Å²) in [5.74, 6) is 1.00. The highest BCUT2D eigenvalue weighted by Gasteiger charge is 2.15. The minimum absolute atomic E-state index is 0.00527. The molecule has 1 aromatic carbocycles. The average molecular weight is 366 g/mol. The third kappa shape index (κ3) is 3.34. The van der Waals surface area contributed by atoms with Crippen LogP contribution < -0.4 is 14.8 Å². The van der Waals surface area contributed by atoms with Crippen LogP contribution >= 0.6 is 22.9 Å². The van der Waals surface area contributed by atoms with E-state index in [1.165, 1.54) is 7.11 Å². The first-order valence-corrected chi connectivity index (χ1v) is 7.92. The van der Waals surface area contributed by atoms with Crippen molar-refractivity contribution in [1.82, 2.24) is 10.2 Å². The molecule has 0 aliphatic heterocycles. The van der Waals surface area contributed by atoms with E-state index in [0.29, 0.717) is 26.3 Å². The van der Waals surface area contributed by atoms with Crippen LogP contribution in [0.4, 0.5) is 6.01 Å². The Hall–Kier alpha value is -2.58. The number of methoxy groups -OCH3 is 2. The lowest BCUT2D eigenvalue weighted by molar-refractivity contribution is 0.102. The molecule has 0 unspecified atom stereocenters. The summed E-state index contributed by atoms with van der Waals surface area (Å²) in [6.07, 6.45) is 0. The van der Waals surface area contributed by atoms with Gasteiger partial charge in [-0.2, -0.15) is 0 Å². The number of ether oxygens (including phenoxy) is 2. The molecule has 3 aromatic rings. The number of hydrogen-bond acceptors (Lipinski definition) is 7. The Morgan fingerprint density at radius 3 is 2.62 bits per heavy atom. The zero-order valence-electron chi connectivity index (χ0n) is 12.7. The molecule has 2 aromatic heterocycles. The molecule has 2 heterocycles. The smallest absolute Gasteiger partial charge is 0.322 e. The van der Waals surface area contributed by atoms with Crippen LogP contribution in [0.1, 0.15) is 9.67 Å². The maximum absolute atomic E-state index is 12.0. The summed E-state index contributed by atoms with van der Waals surface area (Å²) in [7, 11) is 3.09. The number of halogens is 1. The molecule has 3 rings (SSSR count). The van der Waals surface area contributed by atoms with E-state index in [9.17, 15) is 4.79 Å². The largest absolute Gasteiger partial charge is 0.493 e. The van der Waals surface area contributed by atoms with Crippen molar-refractivity contribution in [3.63, 3.8) is 0 Å². The fourth-order valence-electron chi connectivity index (χ4n) is 1.95. The summed E-state index contributed by atoms with van der Waals surface area (Å²) in [5, 5.41) is 10.3. The van der Waals surface area contributed by atoms with E-state index in [0.717, 1.165) is 11.3 Å². The summed E-state index contributed by atoms with van der Waals surface area (Å²) in [6, 6.07) is 8.44. The number of nitrogens with zero attached hydrogens (tertiary/aromatic N) is 2. The number of nitrogens with one attached hydrogen (secondary N) is 1. The summed E-state index contributed by atoms with van der Waals surface area (Å²) >= 11 is 6.97. The molecule has 0 bridgehead atoms. The first kappa shape index (κ1) is 16.3. The van der Waals surface area contributed by atoms with Crippen molar-refractivity contribution in [2.75, 3.05) is 19.5 Å². The van der Waals surface area contributed by atoms with Crippen molar-refractivity contribution in [3.05, 3.63) is 39.5 Å². The van der Waals surface area contributed by atoms with Gasteiger partial charge in [-0.1, -0.05) is 16.7 Å². The lowest BCUT2D eigenvalue weighted by atomic mass is 10.2. The van der Waals surface area contributed by atoms with Crippen molar-refractivity contribution in [2.24, 2.45) is 0 Å². The Balaban J connectivity index is 1.79. The van der Waals surface area contributed by atoms with E-state index in [2.05, 4.69) is 15.5 Å². The Kier molecular flexibility index (Phi) is 4.68. The van der Waals surface area contributed by atoms with Gasteiger partial charge in [0.25, 0.3) is 5.91 Å². The fourth-order valence-corrected chi connectivity index (χ4v) is 2.89. The molecule has 0 saturated carbocycles. The quantitative estimate of drug-likeness (QED) is 0.741. The first-order valence-electron chi connectivity index (χ1n) is 6.73. The zero-order valence-corrected chi connectivity index (χ0v) is 14.3.